The summed E-state index contributed by atoms with van der Waals surface area (Å²) in [6.45, 7) is 0.550. The number of esters is 1. The first kappa shape index (κ1) is 10.8. The molecule has 0 saturated carbocycles. The Kier molecular flexibility index (Phi) is 3.70. The number of methoxy groups -OCH3 is 2. The number of rotatable bonds is 2. The third-order valence-corrected chi connectivity index (χ3v) is 2.12. The molecule has 1 aliphatic rings. The predicted molar refractivity (Wildman–Crippen MR) is 47.8 cm³/mol. The van der Waals surface area contributed by atoms with Gasteiger partial charge >= 0.3 is 12.1 Å². The van der Waals surface area contributed by atoms with Crippen molar-refractivity contribution in [3.8, 4) is 0 Å². The Morgan fingerprint density at radius 3 is 2.64 bits per heavy atom. The summed E-state index contributed by atoms with van der Waals surface area (Å²) < 4.78 is 9.01. The van der Waals surface area contributed by atoms with Crippen molar-refractivity contribution in [3.63, 3.8) is 0 Å². The Hall–Kier alpha value is -1.30. The van der Waals surface area contributed by atoms with Gasteiger partial charge in [0.15, 0.2) is 0 Å². The van der Waals surface area contributed by atoms with Crippen LogP contribution in [0.4, 0.5) is 4.79 Å². The van der Waals surface area contributed by atoms with E-state index in [0.717, 1.165) is 0 Å². The molecule has 14 heavy (non-hydrogen) atoms. The molecule has 80 valence electrons. The van der Waals surface area contributed by atoms with Gasteiger partial charge < -0.3 is 20.1 Å². The van der Waals surface area contributed by atoms with Gasteiger partial charge in [0, 0.05) is 12.6 Å². The first-order valence-corrected chi connectivity index (χ1v) is 4.33. The van der Waals surface area contributed by atoms with Gasteiger partial charge in [-0.1, -0.05) is 0 Å². The number of alkyl carbamates (subject to hydrolysis) is 1. The molecule has 0 unspecified atom stereocenters. The van der Waals surface area contributed by atoms with Crippen LogP contribution in [0.2, 0.25) is 0 Å². The van der Waals surface area contributed by atoms with E-state index in [0.29, 0.717) is 13.0 Å². The standard InChI is InChI=1S/C8H14N2O4/c1-13-7(11)6-3-5(4-9-6)10-8(12)14-2/h5-6,9H,3-4H2,1-2H3,(H,10,12)/t5-,6+/m1/s1. The monoisotopic (exact) mass is 202 g/mol. The van der Waals surface area contributed by atoms with Gasteiger partial charge in [-0.05, 0) is 6.42 Å². The second-order valence-electron chi connectivity index (χ2n) is 3.05. The Labute approximate surface area is 81.9 Å². The number of carbonyl (C=O) groups is 2. The maximum atomic E-state index is 11.1. The summed E-state index contributed by atoms with van der Waals surface area (Å²) in [5, 5.41) is 5.55. The highest BCUT2D eigenvalue weighted by Gasteiger charge is 2.30. The lowest BCUT2D eigenvalue weighted by Gasteiger charge is -2.09. The van der Waals surface area contributed by atoms with Crippen LogP contribution < -0.4 is 10.6 Å². The number of hydrogen-bond donors (Lipinski definition) is 2. The molecule has 1 aliphatic heterocycles. The molecule has 0 bridgehead atoms. The van der Waals surface area contributed by atoms with Gasteiger partial charge in [-0.2, -0.15) is 0 Å². The Balaban J connectivity index is 2.34. The number of carbonyl (C=O) groups excluding carboxylic acids is 2. The largest absolute Gasteiger partial charge is 0.468 e. The third-order valence-electron chi connectivity index (χ3n) is 2.12. The molecule has 0 aromatic carbocycles. The molecule has 1 rings (SSSR count). The zero-order chi connectivity index (χ0) is 10.6. The number of hydrogen-bond acceptors (Lipinski definition) is 5. The summed E-state index contributed by atoms with van der Waals surface area (Å²) in [4.78, 5) is 21.9. The molecule has 0 radical (unpaired) electrons. The normalized spacial score (nSPS) is 25.6. The summed E-state index contributed by atoms with van der Waals surface area (Å²) in [5.41, 5.74) is 0. The summed E-state index contributed by atoms with van der Waals surface area (Å²) in [6, 6.07) is -0.409. The van der Waals surface area contributed by atoms with Crippen molar-refractivity contribution >= 4 is 12.1 Å². The van der Waals surface area contributed by atoms with Crippen molar-refractivity contribution in [2.24, 2.45) is 0 Å². The van der Waals surface area contributed by atoms with Crippen molar-refractivity contribution in [2.45, 2.75) is 18.5 Å². The van der Waals surface area contributed by atoms with Crippen molar-refractivity contribution in [1.29, 1.82) is 0 Å². The Morgan fingerprint density at radius 1 is 1.36 bits per heavy atom. The first-order chi connectivity index (χ1) is 6.67. The topological polar surface area (TPSA) is 76.7 Å². The van der Waals surface area contributed by atoms with Crippen molar-refractivity contribution < 1.29 is 19.1 Å². The maximum Gasteiger partial charge on any atom is 0.407 e. The van der Waals surface area contributed by atoms with Gasteiger partial charge in [0.1, 0.15) is 6.04 Å². The van der Waals surface area contributed by atoms with E-state index >= 15 is 0 Å². The van der Waals surface area contributed by atoms with E-state index in [1.807, 2.05) is 0 Å². The average molecular weight is 202 g/mol. The van der Waals surface area contributed by atoms with Crippen LogP contribution in [0.15, 0.2) is 0 Å². The lowest BCUT2D eigenvalue weighted by molar-refractivity contribution is -0.142. The molecule has 1 fully saturated rings. The highest BCUT2D eigenvalue weighted by molar-refractivity contribution is 5.76. The lowest BCUT2D eigenvalue weighted by Crippen LogP contribution is -2.35. The van der Waals surface area contributed by atoms with Crippen LogP contribution in [0.25, 0.3) is 0 Å². The highest BCUT2D eigenvalue weighted by atomic mass is 16.5. The summed E-state index contributed by atoms with van der Waals surface area (Å²) >= 11 is 0. The first-order valence-electron chi connectivity index (χ1n) is 4.33. The number of amides is 1. The minimum Gasteiger partial charge on any atom is -0.468 e. The maximum absolute atomic E-state index is 11.1. The molecule has 1 heterocycles. The molecule has 0 spiro atoms. The minimum absolute atomic E-state index is 0.0773. The minimum atomic E-state index is -0.484. The van der Waals surface area contributed by atoms with Gasteiger partial charge in [-0.15, -0.1) is 0 Å². The molecule has 0 aromatic heterocycles. The highest BCUT2D eigenvalue weighted by Crippen LogP contribution is 2.07. The number of nitrogens with one attached hydrogen (secondary N) is 2. The predicted octanol–water partition coefficient (Wildman–Crippen LogP) is -0.754. The summed E-state index contributed by atoms with van der Waals surface area (Å²) in [7, 11) is 2.64. The van der Waals surface area contributed by atoms with Crippen molar-refractivity contribution in [1.82, 2.24) is 10.6 Å². The third kappa shape index (κ3) is 2.59. The smallest absolute Gasteiger partial charge is 0.407 e. The molecule has 1 saturated heterocycles. The van der Waals surface area contributed by atoms with Crippen LogP contribution in [0.5, 0.6) is 0 Å². The molecule has 2 atom stereocenters. The molecule has 1 amide bonds. The van der Waals surface area contributed by atoms with Gasteiger partial charge in [0.25, 0.3) is 0 Å². The fourth-order valence-electron chi connectivity index (χ4n) is 1.39. The van der Waals surface area contributed by atoms with E-state index in [1.54, 1.807) is 0 Å². The zero-order valence-electron chi connectivity index (χ0n) is 8.20. The van der Waals surface area contributed by atoms with E-state index in [4.69, 9.17) is 0 Å². The van der Waals surface area contributed by atoms with Gasteiger partial charge in [0.05, 0.1) is 14.2 Å². The second kappa shape index (κ2) is 4.80. The Bertz CT molecular complexity index is 231. The fourth-order valence-corrected chi connectivity index (χ4v) is 1.39. The average Bonchev–Trinajstić information content (AvgIpc) is 2.65. The van der Waals surface area contributed by atoms with Crippen LogP contribution >= 0.6 is 0 Å². The van der Waals surface area contributed by atoms with Crippen LogP contribution in [0.1, 0.15) is 6.42 Å². The van der Waals surface area contributed by atoms with Gasteiger partial charge in [0.2, 0.25) is 0 Å². The van der Waals surface area contributed by atoms with E-state index in [2.05, 4.69) is 20.1 Å². The molecule has 2 N–H and O–H groups in total. The zero-order valence-corrected chi connectivity index (χ0v) is 8.20. The number of ether oxygens (including phenoxy) is 2. The molecule has 0 aliphatic carbocycles. The molecular weight excluding hydrogens is 188 g/mol. The molecule has 6 heteroatoms. The van der Waals surface area contributed by atoms with Crippen molar-refractivity contribution in [2.75, 3.05) is 20.8 Å². The fraction of sp³-hybridized carbons (Fsp3) is 0.750. The van der Waals surface area contributed by atoms with E-state index in [-0.39, 0.29) is 18.1 Å². The summed E-state index contributed by atoms with van der Waals surface area (Å²) in [5.74, 6) is -0.306. The van der Waals surface area contributed by atoms with Crippen LogP contribution in [-0.4, -0.2) is 44.9 Å². The molecular formula is C8H14N2O4. The van der Waals surface area contributed by atoms with Crippen LogP contribution in [0.3, 0.4) is 0 Å². The quantitative estimate of drug-likeness (QED) is 0.576. The molecule has 6 nitrogen and oxygen atoms in total. The van der Waals surface area contributed by atoms with E-state index < -0.39 is 6.09 Å². The van der Waals surface area contributed by atoms with E-state index in [1.165, 1.54) is 14.2 Å². The Morgan fingerprint density at radius 2 is 2.07 bits per heavy atom. The second-order valence-corrected chi connectivity index (χ2v) is 3.05. The van der Waals surface area contributed by atoms with Crippen LogP contribution in [0, 0.1) is 0 Å². The summed E-state index contributed by atoms with van der Waals surface area (Å²) in [6.07, 6.45) is 0.0456. The van der Waals surface area contributed by atoms with Crippen molar-refractivity contribution in [3.05, 3.63) is 0 Å². The van der Waals surface area contributed by atoms with Crippen LogP contribution in [-0.2, 0) is 14.3 Å². The SMILES string of the molecule is COC(=O)N[C@H]1CN[C@H](C(=O)OC)C1. The van der Waals surface area contributed by atoms with E-state index in [9.17, 15) is 9.59 Å². The molecule has 0 aromatic rings. The van der Waals surface area contributed by atoms with Gasteiger partial charge in [-0.25, -0.2) is 4.79 Å². The lowest BCUT2D eigenvalue weighted by atomic mass is 10.2. The van der Waals surface area contributed by atoms with Gasteiger partial charge in [-0.3, -0.25) is 4.79 Å².